The topological polar surface area (TPSA) is 73.2 Å². The zero-order valence-electron chi connectivity index (χ0n) is 14.5. The van der Waals surface area contributed by atoms with Crippen molar-refractivity contribution in [2.75, 3.05) is 13.6 Å². The molecule has 134 valence electrons. The number of aromatic hydroxyl groups is 1. The Morgan fingerprint density at radius 3 is 2.77 bits per heavy atom. The van der Waals surface area contributed by atoms with E-state index in [1.807, 2.05) is 24.3 Å². The predicted octanol–water partition coefficient (Wildman–Crippen LogP) is 1.67. The SMILES string of the molecule is CN1CC[C@@]23c4c5c(O)c6ccccc6c4C[C@@H]1[C@@H]2C=CC(O)(O)[C@@H]3O5. The highest BCUT2D eigenvalue weighted by molar-refractivity contribution is 5.96. The molecule has 2 aromatic rings. The second-order valence-electron chi connectivity index (χ2n) is 8.29. The van der Waals surface area contributed by atoms with Crippen molar-refractivity contribution in [3.63, 3.8) is 0 Å². The third kappa shape index (κ3) is 1.47. The predicted molar refractivity (Wildman–Crippen MR) is 96.2 cm³/mol. The van der Waals surface area contributed by atoms with Crippen molar-refractivity contribution in [2.45, 2.75) is 36.2 Å². The van der Waals surface area contributed by atoms with Gasteiger partial charge in [0.1, 0.15) is 0 Å². The molecule has 26 heavy (non-hydrogen) atoms. The number of likely N-dealkylation sites (tertiary alicyclic amines) is 1. The second-order valence-corrected chi connectivity index (χ2v) is 8.29. The van der Waals surface area contributed by atoms with E-state index in [4.69, 9.17) is 4.74 Å². The third-order valence-corrected chi connectivity index (χ3v) is 7.22. The van der Waals surface area contributed by atoms with Crippen LogP contribution in [0, 0.1) is 5.92 Å². The van der Waals surface area contributed by atoms with Crippen molar-refractivity contribution in [1.82, 2.24) is 4.90 Å². The summed E-state index contributed by atoms with van der Waals surface area (Å²) >= 11 is 0. The lowest BCUT2D eigenvalue weighted by Crippen LogP contribution is -2.68. The quantitative estimate of drug-likeness (QED) is 0.497. The van der Waals surface area contributed by atoms with Crippen LogP contribution in [0.2, 0.25) is 0 Å². The first kappa shape index (κ1) is 15.0. The number of rotatable bonds is 0. The van der Waals surface area contributed by atoms with Crippen LogP contribution < -0.4 is 4.74 Å². The molecule has 2 bridgehead atoms. The van der Waals surface area contributed by atoms with Crippen LogP contribution >= 0.6 is 0 Å². The molecule has 0 amide bonds. The average molecular weight is 351 g/mol. The summed E-state index contributed by atoms with van der Waals surface area (Å²) in [6.45, 7) is 0.872. The smallest absolute Gasteiger partial charge is 0.222 e. The summed E-state index contributed by atoms with van der Waals surface area (Å²) in [5.74, 6) is -1.32. The molecule has 5 heteroatoms. The van der Waals surface area contributed by atoms with Gasteiger partial charge in [0.05, 0.1) is 5.41 Å². The first-order chi connectivity index (χ1) is 12.4. The fourth-order valence-corrected chi connectivity index (χ4v) is 6.14. The Kier molecular flexibility index (Phi) is 2.55. The Bertz CT molecular complexity index is 997. The van der Waals surface area contributed by atoms with E-state index >= 15 is 0 Å². The van der Waals surface area contributed by atoms with Crippen LogP contribution in [0.3, 0.4) is 0 Å². The number of nitrogens with zero attached hydrogens (tertiary/aromatic N) is 1. The van der Waals surface area contributed by atoms with Gasteiger partial charge in [0, 0.05) is 22.9 Å². The Morgan fingerprint density at radius 2 is 1.96 bits per heavy atom. The molecule has 1 spiro atoms. The Balaban J connectivity index is 1.77. The Labute approximate surface area is 151 Å². The maximum atomic E-state index is 10.9. The molecule has 3 N–H and O–H groups in total. The van der Waals surface area contributed by atoms with Gasteiger partial charge in [-0.15, -0.1) is 0 Å². The summed E-state index contributed by atoms with van der Waals surface area (Å²) in [6, 6.07) is 8.14. The number of likely N-dealkylation sites (N-methyl/N-ethyl adjacent to an activating group) is 1. The standard InChI is InChI=1S/C21H21NO4/c1-22-9-8-20-14-6-7-21(24,25)19(20)26-18-16(20)13(10-15(14)22)11-4-2-3-5-12(11)17(18)23/h2-7,14-15,19,23-25H,8-10H2,1H3/t14-,15+,19+,20-/m0/s1. The van der Waals surface area contributed by atoms with Crippen molar-refractivity contribution >= 4 is 10.8 Å². The fourth-order valence-electron chi connectivity index (χ4n) is 6.14. The summed E-state index contributed by atoms with van der Waals surface area (Å²) in [6.07, 6.45) is 4.29. The molecule has 4 aliphatic rings. The molecule has 0 saturated carbocycles. The third-order valence-electron chi connectivity index (χ3n) is 7.22. The number of hydrogen-bond donors (Lipinski definition) is 3. The van der Waals surface area contributed by atoms with Crippen LogP contribution in [0.1, 0.15) is 17.5 Å². The van der Waals surface area contributed by atoms with E-state index in [-0.39, 0.29) is 17.7 Å². The maximum Gasteiger partial charge on any atom is 0.222 e. The van der Waals surface area contributed by atoms with Gasteiger partial charge in [-0.2, -0.15) is 0 Å². The molecule has 5 nitrogen and oxygen atoms in total. The summed E-state index contributed by atoms with van der Waals surface area (Å²) in [4.78, 5) is 2.38. The highest BCUT2D eigenvalue weighted by Gasteiger charge is 2.68. The minimum atomic E-state index is -2.04. The lowest BCUT2D eigenvalue weighted by atomic mass is 9.52. The van der Waals surface area contributed by atoms with Gasteiger partial charge in [-0.3, -0.25) is 0 Å². The van der Waals surface area contributed by atoms with Crippen LogP contribution in [0.4, 0.5) is 0 Å². The zero-order valence-corrected chi connectivity index (χ0v) is 14.5. The fraction of sp³-hybridized carbons (Fsp3) is 0.429. The lowest BCUT2D eigenvalue weighted by molar-refractivity contribution is -0.212. The number of benzene rings is 2. The highest BCUT2D eigenvalue weighted by Crippen LogP contribution is 2.65. The maximum absolute atomic E-state index is 10.9. The molecular formula is C21H21NO4. The number of piperidine rings is 1. The number of phenols is 1. The number of ether oxygens (including phenoxy) is 1. The average Bonchev–Trinajstić information content (AvgIpc) is 2.98. The molecule has 6 rings (SSSR count). The summed E-state index contributed by atoms with van der Waals surface area (Å²) in [5, 5.41) is 34.2. The van der Waals surface area contributed by atoms with E-state index < -0.39 is 17.3 Å². The molecule has 2 heterocycles. The van der Waals surface area contributed by atoms with Gasteiger partial charge in [0.25, 0.3) is 0 Å². The van der Waals surface area contributed by atoms with E-state index in [0.29, 0.717) is 5.75 Å². The van der Waals surface area contributed by atoms with Gasteiger partial charge >= 0.3 is 0 Å². The molecule has 0 aromatic heterocycles. The lowest BCUT2D eigenvalue weighted by Gasteiger charge is -2.57. The molecule has 2 aromatic carbocycles. The van der Waals surface area contributed by atoms with Gasteiger partial charge in [-0.1, -0.05) is 30.3 Å². The van der Waals surface area contributed by atoms with E-state index in [0.717, 1.165) is 35.7 Å². The number of hydrogen-bond acceptors (Lipinski definition) is 5. The molecular weight excluding hydrogens is 330 g/mol. The number of phenolic OH excluding ortho intramolecular Hbond substituents is 1. The van der Waals surface area contributed by atoms with E-state index in [1.54, 1.807) is 0 Å². The molecule has 0 radical (unpaired) electrons. The minimum Gasteiger partial charge on any atom is -0.504 e. The minimum absolute atomic E-state index is 0.120. The van der Waals surface area contributed by atoms with Gasteiger partial charge in [-0.25, -0.2) is 0 Å². The molecule has 4 atom stereocenters. The van der Waals surface area contributed by atoms with E-state index in [1.165, 1.54) is 11.6 Å². The first-order valence-corrected chi connectivity index (χ1v) is 9.23. The van der Waals surface area contributed by atoms with Gasteiger partial charge < -0.3 is 25.0 Å². The van der Waals surface area contributed by atoms with E-state index in [2.05, 4.69) is 18.0 Å². The Morgan fingerprint density at radius 1 is 1.19 bits per heavy atom. The van der Waals surface area contributed by atoms with Crippen molar-refractivity contribution in [2.24, 2.45) is 5.92 Å². The van der Waals surface area contributed by atoms with Crippen LogP contribution in [0.15, 0.2) is 36.4 Å². The number of aliphatic hydroxyl groups is 2. The monoisotopic (exact) mass is 351 g/mol. The summed E-state index contributed by atoms with van der Waals surface area (Å²) < 4.78 is 6.15. The molecule has 1 fully saturated rings. The highest BCUT2D eigenvalue weighted by atomic mass is 16.6. The molecule has 2 aliphatic carbocycles. The van der Waals surface area contributed by atoms with Crippen molar-refractivity contribution in [1.29, 1.82) is 0 Å². The molecule has 2 aliphatic heterocycles. The van der Waals surface area contributed by atoms with Gasteiger partial charge in [-0.05, 0) is 43.5 Å². The largest absolute Gasteiger partial charge is 0.504 e. The van der Waals surface area contributed by atoms with Crippen molar-refractivity contribution in [3.05, 3.63) is 47.5 Å². The first-order valence-electron chi connectivity index (χ1n) is 9.23. The summed E-state index contributed by atoms with van der Waals surface area (Å²) in [5.41, 5.74) is 1.69. The van der Waals surface area contributed by atoms with Crippen LogP contribution in [-0.2, 0) is 11.8 Å². The van der Waals surface area contributed by atoms with Crippen molar-refractivity contribution in [3.8, 4) is 11.5 Å². The van der Waals surface area contributed by atoms with Crippen LogP contribution in [-0.4, -0.2) is 51.7 Å². The van der Waals surface area contributed by atoms with Gasteiger partial charge in [0.2, 0.25) is 5.79 Å². The molecule has 1 saturated heterocycles. The van der Waals surface area contributed by atoms with E-state index in [9.17, 15) is 15.3 Å². The van der Waals surface area contributed by atoms with Crippen molar-refractivity contribution < 1.29 is 20.1 Å². The molecule has 0 unspecified atom stereocenters. The second kappa shape index (κ2) is 4.42. The number of fused-ring (bicyclic) bond motifs is 2. The Hall–Kier alpha value is -2.08. The van der Waals surface area contributed by atoms with Crippen LogP contribution in [0.5, 0.6) is 11.5 Å². The van der Waals surface area contributed by atoms with Crippen LogP contribution in [0.25, 0.3) is 10.8 Å². The summed E-state index contributed by atoms with van der Waals surface area (Å²) in [7, 11) is 2.14. The van der Waals surface area contributed by atoms with Gasteiger partial charge in [0.15, 0.2) is 17.6 Å². The normalized spacial score (nSPS) is 36.0. The zero-order chi connectivity index (χ0) is 17.8.